The molecule has 0 radical (unpaired) electrons. The van der Waals surface area contributed by atoms with Gasteiger partial charge >= 0.3 is 0 Å². The molecule has 18 heavy (non-hydrogen) atoms. The van der Waals surface area contributed by atoms with Crippen molar-refractivity contribution < 1.29 is 0 Å². The van der Waals surface area contributed by atoms with Gasteiger partial charge < -0.3 is 11.5 Å². The summed E-state index contributed by atoms with van der Waals surface area (Å²) in [7, 11) is 0. The molecule has 0 atom stereocenters. The maximum absolute atomic E-state index is 5.81. The van der Waals surface area contributed by atoms with Crippen LogP contribution in [0.15, 0.2) is 0 Å². The van der Waals surface area contributed by atoms with Crippen LogP contribution in [0.25, 0.3) is 0 Å². The molecule has 1 aromatic heterocycles. The van der Waals surface area contributed by atoms with E-state index in [1.165, 1.54) is 32.1 Å². The van der Waals surface area contributed by atoms with E-state index in [4.69, 9.17) is 11.5 Å². The van der Waals surface area contributed by atoms with Crippen LogP contribution in [0.4, 0.5) is 11.8 Å². The third kappa shape index (κ3) is 3.13. The minimum atomic E-state index is 0.211. The summed E-state index contributed by atoms with van der Waals surface area (Å²) < 4.78 is 0. The summed E-state index contributed by atoms with van der Waals surface area (Å²) in [5.74, 6) is 7.67. The molecule has 0 unspecified atom stereocenters. The zero-order valence-electron chi connectivity index (χ0n) is 10.9. The third-order valence-corrected chi connectivity index (χ3v) is 3.46. The highest BCUT2D eigenvalue weighted by molar-refractivity contribution is 5.55. The Morgan fingerprint density at radius 2 is 1.89 bits per heavy atom. The molecule has 4 nitrogen and oxygen atoms in total. The number of nitrogens with zero attached hydrogens (tertiary/aromatic N) is 2. The minimum absolute atomic E-state index is 0.211. The lowest BCUT2D eigenvalue weighted by Crippen LogP contribution is -2.06. The van der Waals surface area contributed by atoms with Crippen LogP contribution in [0.3, 0.4) is 0 Å². The molecule has 1 heterocycles. The van der Waals surface area contributed by atoms with Crippen molar-refractivity contribution in [2.24, 2.45) is 5.92 Å². The Morgan fingerprint density at radius 3 is 2.56 bits per heavy atom. The van der Waals surface area contributed by atoms with Crippen molar-refractivity contribution >= 4 is 11.8 Å². The van der Waals surface area contributed by atoms with Gasteiger partial charge in [0, 0.05) is 6.42 Å². The molecule has 1 aromatic rings. The highest BCUT2D eigenvalue weighted by Crippen LogP contribution is 2.25. The Hall–Kier alpha value is -1.76. The molecule has 2 rings (SSSR count). The fourth-order valence-corrected chi connectivity index (χ4v) is 2.45. The van der Waals surface area contributed by atoms with Crippen LogP contribution < -0.4 is 11.5 Å². The van der Waals surface area contributed by atoms with E-state index in [2.05, 4.69) is 21.8 Å². The van der Waals surface area contributed by atoms with Gasteiger partial charge in [-0.15, -0.1) is 0 Å². The van der Waals surface area contributed by atoms with E-state index in [0.717, 1.165) is 23.6 Å². The molecule has 1 aliphatic carbocycles. The van der Waals surface area contributed by atoms with Gasteiger partial charge in [0.2, 0.25) is 5.95 Å². The molecule has 0 bridgehead atoms. The standard InChI is InChI=1S/C14H20N4/c1-10-12(13(15)18-14(16)17-10)9-5-8-11-6-3-2-4-7-11/h11H,2-4,6-8H2,1H3,(H4,15,16,17,18). The number of hydrogen-bond acceptors (Lipinski definition) is 4. The number of anilines is 2. The fraction of sp³-hybridized carbons (Fsp3) is 0.571. The lowest BCUT2D eigenvalue weighted by atomic mass is 9.87. The van der Waals surface area contributed by atoms with Crippen molar-refractivity contribution in [2.45, 2.75) is 45.4 Å². The molecule has 0 aromatic carbocycles. The summed E-state index contributed by atoms with van der Waals surface area (Å²) in [6.07, 6.45) is 7.63. The Labute approximate surface area is 108 Å². The molecule has 0 spiro atoms. The van der Waals surface area contributed by atoms with E-state index in [-0.39, 0.29) is 5.95 Å². The molecule has 1 fully saturated rings. The first-order valence-corrected chi connectivity index (χ1v) is 6.55. The normalized spacial score (nSPS) is 16.1. The van der Waals surface area contributed by atoms with Gasteiger partial charge in [0.1, 0.15) is 5.82 Å². The van der Waals surface area contributed by atoms with Crippen LogP contribution in [0.5, 0.6) is 0 Å². The molecule has 4 heteroatoms. The highest BCUT2D eigenvalue weighted by Gasteiger charge is 2.11. The zero-order chi connectivity index (χ0) is 13.0. The SMILES string of the molecule is Cc1nc(N)nc(N)c1C#CCC1CCCCC1. The Kier molecular flexibility index (Phi) is 4.03. The van der Waals surface area contributed by atoms with Crippen LogP contribution in [-0.2, 0) is 0 Å². The molecular formula is C14H20N4. The van der Waals surface area contributed by atoms with E-state index in [0.29, 0.717) is 5.82 Å². The topological polar surface area (TPSA) is 77.8 Å². The first-order valence-electron chi connectivity index (χ1n) is 6.55. The number of aryl methyl sites for hydroxylation is 1. The molecular weight excluding hydrogens is 224 g/mol. The van der Waals surface area contributed by atoms with Crippen LogP contribution >= 0.6 is 0 Å². The van der Waals surface area contributed by atoms with Gasteiger partial charge in [0.15, 0.2) is 0 Å². The maximum atomic E-state index is 5.81. The van der Waals surface area contributed by atoms with Crippen LogP contribution in [0.1, 0.15) is 49.8 Å². The smallest absolute Gasteiger partial charge is 0.222 e. The van der Waals surface area contributed by atoms with Gasteiger partial charge in [-0.25, -0.2) is 4.98 Å². The average Bonchev–Trinajstić information content (AvgIpc) is 2.34. The highest BCUT2D eigenvalue weighted by atomic mass is 15.0. The van der Waals surface area contributed by atoms with Crippen molar-refractivity contribution in [3.8, 4) is 11.8 Å². The Bertz CT molecular complexity index is 455. The predicted octanol–water partition coefficient (Wildman–Crippen LogP) is 2.27. The summed E-state index contributed by atoms with van der Waals surface area (Å²) in [5.41, 5.74) is 12.8. The van der Waals surface area contributed by atoms with Crippen molar-refractivity contribution in [2.75, 3.05) is 11.5 Å². The molecule has 1 aliphatic rings. The molecule has 0 amide bonds. The second-order valence-corrected chi connectivity index (χ2v) is 4.94. The van der Waals surface area contributed by atoms with Crippen molar-refractivity contribution in [3.05, 3.63) is 11.3 Å². The van der Waals surface area contributed by atoms with Gasteiger partial charge in [-0.05, 0) is 25.7 Å². The first-order chi connectivity index (χ1) is 8.66. The van der Waals surface area contributed by atoms with E-state index in [9.17, 15) is 0 Å². The fourth-order valence-electron chi connectivity index (χ4n) is 2.45. The van der Waals surface area contributed by atoms with Gasteiger partial charge in [-0.1, -0.05) is 31.1 Å². The third-order valence-electron chi connectivity index (χ3n) is 3.46. The molecule has 96 valence electrons. The van der Waals surface area contributed by atoms with E-state index < -0.39 is 0 Å². The summed E-state index contributed by atoms with van der Waals surface area (Å²) in [4.78, 5) is 8.03. The Balaban J connectivity index is 2.05. The van der Waals surface area contributed by atoms with E-state index in [1.807, 2.05) is 6.92 Å². The van der Waals surface area contributed by atoms with Gasteiger partial charge in [0.05, 0.1) is 11.3 Å². The van der Waals surface area contributed by atoms with Crippen LogP contribution in [0.2, 0.25) is 0 Å². The Morgan fingerprint density at radius 1 is 1.17 bits per heavy atom. The molecule has 0 aliphatic heterocycles. The number of aromatic nitrogens is 2. The lowest BCUT2D eigenvalue weighted by molar-refractivity contribution is 0.365. The summed E-state index contributed by atoms with van der Waals surface area (Å²) in [5, 5.41) is 0. The summed E-state index contributed by atoms with van der Waals surface area (Å²) in [6, 6.07) is 0. The number of rotatable bonds is 1. The molecule has 0 saturated heterocycles. The maximum Gasteiger partial charge on any atom is 0.222 e. The number of nitrogens with two attached hydrogens (primary N) is 2. The second-order valence-electron chi connectivity index (χ2n) is 4.94. The van der Waals surface area contributed by atoms with Crippen LogP contribution in [0, 0.1) is 24.7 Å². The van der Waals surface area contributed by atoms with Gasteiger partial charge in [0.25, 0.3) is 0 Å². The monoisotopic (exact) mass is 244 g/mol. The van der Waals surface area contributed by atoms with Crippen molar-refractivity contribution in [1.29, 1.82) is 0 Å². The lowest BCUT2D eigenvalue weighted by Gasteiger charge is -2.18. The molecule has 4 N–H and O–H groups in total. The zero-order valence-corrected chi connectivity index (χ0v) is 10.9. The second kappa shape index (κ2) is 5.72. The van der Waals surface area contributed by atoms with Gasteiger partial charge in [-0.3, -0.25) is 0 Å². The van der Waals surface area contributed by atoms with Crippen molar-refractivity contribution in [3.63, 3.8) is 0 Å². The van der Waals surface area contributed by atoms with E-state index >= 15 is 0 Å². The largest absolute Gasteiger partial charge is 0.382 e. The summed E-state index contributed by atoms with van der Waals surface area (Å²) in [6.45, 7) is 1.86. The van der Waals surface area contributed by atoms with E-state index in [1.54, 1.807) is 0 Å². The predicted molar refractivity (Wildman–Crippen MR) is 73.7 cm³/mol. The minimum Gasteiger partial charge on any atom is -0.382 e. The van der Waals surface area contributed by atoms with Gasteiger partial charge in [-0.2, -0.15) is 4.98 Å². The average molecular weight is 244 g/mol. The quantitative estimate of drug-likeness (QED) is 0.743. The molecule has 1 saturated carbocycles. The number of hydrogen-bond donors (Lipinski definition) is 2. The van der Waals surface area contributed by atoms with Crippen LogP contribution in [-0.4, -0.2) is 9.97 Å². The van der Waals surface area contributed by atoms with Crippen molar-refractivity contribution in [1.82, 2.24) is 9.97 Å². The number of nitrogen functional groups attached to an aromatic ring is 2. The summed E-state index contributed by atoms with van der Waals surface area (Å²) >= 11 is 0. The first kappa shape index (κ1) is 12.7.